The molecule has 0 unspecified atom stereocenters. The Balaban J connectivity index is 1.69. The van der Waals surface area contributed by atoms with Gasteiger partial charge in [0.25, 0.3) is 0 Å². The lowest BCUT2D eigenvalue weighted by molar-refractivity contribution is -0.0797. The number of carbonyl (C=O) groups excluding carboxylic acids is 1. The second-order valence-corrected chi connectivity index (χ2v) is 7.41. The summed E-state index contributed by atoms with van der Waals surface area (Å²) < 4.78 is 11.6. The number of hydrogen-bond acceptors (Lipinski definition) is 3. The minimum Gasteiger partial charge on any atom is -0.444 e. The molecule has 0 radical (unpaired) electrons. The number of likely N-dealkylation sites (tertiary alicyclic amines) is 1. The van der Waals surface area contributed by atoms with Crippen LogP contribution in [0, 0.1) is 6.92 Å². The summed E-state index contributed by atoms with van der Waals surface area (Å²) in [4.78, 5) is 14.0. The van der Waals surface area contributed by atoms with E-state index in [2.05, 4.69) is 25.1 Å². The molecule has 4 heteroatoms. The molecule has 120 valence electrons. The summed E-state index contributed by atoms with van der Waals surface area (Å²) in [5, 5.41) is 0. The second kappa shape index (κ2) is 5.27. The molecule has 0 N–H and O–H groups in total. The number of benzene rings is 1. The summed E-state index contributed by atoms with van der Waals surface area (Å²) in [7, 11) is 0. The second-order valence-electron chi connectivity index (χ2n) is 7.41. The molecule has 2 aliphatic heterocycles. The van der Waals surface area contributed by atoms with Crippen LogP contribution in [-0.4, -0.2) is 29.7 Å². The normalized spacial score (nSPS) is 20.1. The summed E-state index contributed by atoms with van der Waals surface area (Å²) in [5.74, 6) is 0. The van der Waals surface area contributed by atoms with Crippen molar-refractivity contribution in [3.63, 3.8) is 0 Å². The predicted octanol–water partition coefficient (Wildman–Crippen LogP) is 3.75. The first kappa shape index (κ1) is 15.3. The third kappa shape index (κ3) is 2.84. The smallest absolute Gasteiger partial charge is 0.410 e. The Morgan fingerprint density at radius 1 is 1.27 bits per heavy atom. The van der Waals surface area contributed by atoms with Gasteiger partial charge >= 0.3 is 6.09 Å². The maximum Gasteiger partial charge on any atom is 0.410 e. The van der Waals surface area contributed by atoms with Gasteiger partial charge < -0.3 is 14.4 Å². The van der Waals surface area contributed by atoms with Gasteiger partial charge in [0, 0.05) is 13.1 Å². The first-order valence-corrected chi connectivity index (χ1v) is 8.01. The van der Waals surface area contributed by atoms with Gasteiger partial charge in [-0.05, 0) is 51.7 Å². The maximum absolute atomic E-state index is 12.2. The quantitative estimate of drug-likeness (QED) is 0.732. The zero-order valence-electron chi connectivity index (χ0n) is 13.9. The van der Waals surface area contributed by atoms with Crippen molar-refractivity contribution < 1.29 is 14.3 Å². The summed E-state index contributed by atoms with van der Waals surface area (Å²) in [6.45, 7) is 9.85. The predicted molar refractivity (Wildman–Crippen MR) is 84.7 cm³/mol. The lowest BCUT2D eigenvalue weighted by atomic mass is 9.83. The van der Waals surface area contributed by atoms with E-state index in [0.717, 1.165) is 12.8 Å². The van der Waals surface area contributed by atoms with Crippen LogP contribution in [0.1, 0.15) is 50.3 Å². The fraction of sp³-hybridized carbons (Fsp3) is 0.611. The van der Waals surface area contributed by atoms with Gasteiger partial charge in [-0.15, -0.1) is 0 Å². The van der Waals surface area contributed by atoms with Crippen molar-refractivity contribution >= 4 is 6.09 Å². The summed E-state index contributed by atoms with van der Waals surface area (Å²) >= 11 is 0. The molecule has 22 heavy (non-hydrogen) atoms. The number of carbonyl (C=O) groups is 1. The Morgan fingerprint density at radius 3 is 2.59 bits per heavy atom. The molecule has 1 aromatic rings. The van der Waals surface area contributed by atoms with Crippen molar-refractivity contribution in [2.75, 3.05) is 13.1 Å². The van der Waals surface area contributed by atoms with Gasteiger partial charge in [-0.25, -0.2) is 4.79 Å². The monoisotopic (exact) mass is 303 g/mol. The minimum atomic E-state index is -0.444. The number of piperidine rings is 1. The van der Waals surface area contributed by atoms with E-state index in [1.807, 2.05) is 20.8 Å². The van der Waals surface area contributed by atoms with Crippen molar-refractivity contribution in [1.82, 2.24) is 4.90 Å². The van der Waals surface area contributed by atoms with Gasteiger partial charge in [0.05, 0.1) is 12.2 Å². The van der Waals surface area contributed by atoms with Crippen molar-refractivity contribution in [1.29, 1.82) is 0 Å². The molecule has 0 aliphatic carbocycles. The molecule has 2 aliphatic rings. The van der Waals surface area contributed by atoms with Crippen LogP contribution >= 0.6 is 0 Å². The highest BCUT2D eigenvalue weighted by atomic mass is 16.6. The van der Waals surface area contributed by atoms with E-state index >= 15 is 0 Å². The Labute approximate surface area is 132 Å². The molecule has 1 spiro atoms. The van der Waals surface area contributed by atoms with Gasteiger partial charge in [-0.1, -0.05) is 23.8 Å². The Kier molecular flexibility index (Phi) is 3.68. The zero-order valence-corrected chi connectivity index (χ0v) is 13.9. The van der Waals surface area contributed by atoms with Crippen molar-refractivity contribution in [2.24, 2.45) is 0 Å². The van der Waals surface area contributed by atoms with Crippen LogP contribution in [0.2, 0.25) is 0 Å². The maximum atomic E-state index is 12.2. The van der Waals surface area contributed by atoms with Crippen molar-refractivity contribution in [3.8, 4) is 0 Å². The van der Waals surface area contributed by atoms with E-state index in [4.69, 9.17) is 9.47 Å². The van der Waals surface area contributed by atoms with Gasteiger partial charge in [0.15, 0.2) is 0 Å². The highest BCUT2D eigenvalue weighted by Crippen LogP contribution is 2.44. The Bertz CT molecular complexity index is 580. The number of aryl methyl sites for hydroxylation is 1. The molecule has 3 rings (SSSR count). The average molecular weight is 303 g/mol. The number of fused-ring (bicyclic) bond motifs is 2. The van der Waals surface area contributed by atoms with E-state index in [1.54, 1.807) is 4.90 Å². The van der Waals surface area contributed by atoms with E-state index in [-0.39, 0.29) is 11.7 Å². The Morgan fingerprint density at radius 2 is 1.95 bits per heavy atom. The highest BCUT2D eigenvalue weighted by Gasteiger charge is 2.43. The number of ether oxygens (including phenoxy) is 2. The third-order valence-corrected chi connectivity index (χ3v) is 4.48. The fourth-order valence-corrected chi connectivity index (χ4v) is 3.37. The number of hydrogen-bond donors (Lipinski definition) is 0. The molecule has 1 amide bonds. The van der Waals surface area contributed by atoms with E-state index in [1.165, 1.54) is 16.7 Å². The average Bonchev–Trinajstić information content (AvgIpc) is 2.76. The first-order valence-electron chi connectivity index (χ1n) is 8.01. The number of rotatable bonds is 0. The summed E-state index contributed by atoms with van der Waals surface area (Å²) in [5.41, 5.74) is 3.22. The number of amides is 1. The molecule has 0 aromatic heterocycles. The van der Waals surface area contributed by atoms with Crippen molar-refractivity contribution in [3.05, 3.63) is 34.9 Å². The molecule has 0 bridgehead atoms. The van der Waals surface area contributed by atoms with Crippen LogP contribution in [0.3, 0.4) is 0 Å². The SMILES string of the molecule is Cc1ccc2c(c1)COC21CCN(C(=O)OC(C)(C)C)CC1. The van der Waals surface area contributed by atoms with E-state index < -0.39 is 5.60 Å². The topological polar surface area (TPSA) is 38.8 Å². The molecule has 4 nitrogen and oxygen atoms in total. The molecular weight excluding hydrogens is 278 g/mol. The van der Waals surface area contributed by atoms with E-state index in [9.17, 15) is 4.79 Å². The standard InChI is InChI=1S/C18H25NO3/c1-13-5-6-15-14(11-13)12-21-18(15)7-9-19(10-8-18)16(20)22-17(2,3)4/h5-6,11H,7-10,12H2,1-4H3. The first-order chi connectivity index (χ1) is 10.3. The third-order valence-electron chi connectivity index (χ3n) is 4.48. The van der Waals surface area contributed by atoms with Crippen LogP contribution in [0.5, 0.6) is 0 Å². The summed E-state index contributed by atoms with van der Waals surface area (Å²) in [6.07, 6.45) is 1.45. The fourth-order valence-electron chi connectivity index (χ4n) is 3.37. The molecular formula is C18H25NO3. The Hall–Kier alpha value is -1.55. The van der Waals surface area contributed by atoms with Gasteiger partial charge in [0.2, 0.25) is 0 Å². The van der Waals surface area contributed by atoms with Crippen molar-refractivity contribution in [2.45, 2.75) is 58.3 Å². The highest BCUT2D eigenvalue weighted by molar-refractivity contribution is 5.68. The molecule has 1 saturated heterocycles. The number of nitrogens with zero attached hydrogens (tertiary/aromatic N) is 1. The zero-order chi connectivity index (χ0) is 16.0. The lowest BCUT2D eigenvalue weighted by Crippen LogP contribution is -2.46. The van der Waals surface area contributed by atoms with Crippen LogP contribution in [0.4, 0.5) is 4.79 Å². The van der Waals surface area contributed by atoms with E-state index in [0.29, 0.717) is 19.7 Å². The van der Waals surface area contributed by atoms with Crippen LogP contribution < -0.4 is 0 Å². The molecule has 0 atom stereocenters. The summed E-state index contributed by atoms with van der Waals surface area (Å²) in [6, 6.07) is 6.56. The molecule has 1 fully saturated rings. The van der Waals surface area contributed by atoms with Crippen LogP contribution in [0.15, 0.2) is 18.2 Å². The lowest BCUT2D eigenvalue weighted by Gasteiger charge is -2.39. The van der Waals surface area contributed by atoms with Gasteiger partial charge in [-0.3, -0.25) is 0 Å². The minimum absolute atomic E-state index is 0.207. The molecule has 1 aromatic carbocycles. The molecule has 0 saturated carbocycles. The van der Waals surface area contributed by atoms with Gasteiger partial charge in [0.1, 0.15) is 5.60 Å². The van der Waals surface area contributed by atoms with Crippen LogP contribution in [-0.2, 0) is 21.7 Å². The van der Waals surface area contributed by atoms with Gasteiger partial charge in [-0.2, -0.15) is 0 Å². The largest absolute Gasteiger partial charge is 0.444 e. The molecule has 2 heterocycles. The van der Waals surface area contributed by atoms with Crippen LogP contribution in [0.25, 0.3) is 0 Å².